The summed E-state index contributed by atoms with van der Waals surface area (Å²) in [5.41, 5.74) is 4.78. The third kappa shape index (κ3) is 6.07. The Labute approximate surface area is 180 Å². The summed E-state index contributed by atoms with van der Waals surface area (Å²) in [6.45, 7) is 13.3. The maximum Gasteiger partial charge on any atom is 0.111 e. The summed E-state index contributed by atoms with van der Waals surface area (Å²) in [6.07, 6.45) is 18.3. The van der Waals surface area contributed by atoms with Gasteiger partial charge < -0.3 is 9.84 Å². The Morgan fingerprint density at radius 2 is 1.83 bits per heavy atom. The van der Waals surface area contributed by atoms with Crippen LogP contribution in [0.3, 0.4) is 0 Å². The fraction of sp³-hybridized carbons (Fsp3) is 0.778. The third-order valence-electron chi connectivity index (χ3n) is 7.47. The standard InChI is InChI=1S/C27H46O2/c1-7-9-10-11-12-13-18-27-23(5)22(4)25(28)20-24(27)16-19-26(6,29-27)17-14-15-21(3)8-2/h15,20,25,28H,7-14,16-19H2,1-6H3/b21-15+. The Morgan fingerprint density at radius 3 is 2.52 bits per heavy atom. The van der Waals surface area contributed by atoms with E-state index in [1.165, 1.54) is 55.2 Å². The molecule has 3 atom stereocenters. The first-order chi connectivity index (χ1) is 13.8. The van der Waals surface area contributed by atoms with Crippen molar-refractivity contribution in [1.82, 2.24) is 0 Å². The number of unbranched alkanes of at least 4 members (excludes halogenated alkanes) is 5. The van der Waals surface area contributed by atoms with Crippen LogP contribution in [-0.2, 0) is 4.74 Å². The number of ether oxygens (including phenoxy) is 1. The van der Waals surface area contributed by atoms with Crippen molar-refractivity contribution in [3.63, 3.8) is 0 Å². The second-order valence-electron chi connectivity index (χ2n) is 9.78. The molecule has 1 heterocycles. The minimum atomic E-state index is -0.439. The number of fused-ring (bicyclic) bond motifs is 1. The molecule has 0 aromatic carbocycles. The first kappa shape index (κ1) is 24.4. The number of aliphatic hydroxyl groups is 1. The van der Waals surface area contributed by atoms with Crippen LogP contribution in [0.5, 0.6) is 0 Å². The van der Waals surface area contributed by atoms with Gasteiger partial charge in [0.05, 0.1) is 11.7 Å². The maximum absolute atomic E-state index is 10.5. The number of hydrogen-bond acceptors (Lipinski definition) is 2. The molecular formula is C27H46O2. The van der Waals surface area contributed by atoms with Crippen LogP contribution < -0.4 is 0 Å². The highest BCUT2D eigenvalue weighted by Gasteiger charge is 2.49. The summed E-state index contributed by atoms with van der Waals surface area (Å²) in [4.78, 5) is 0. The Hall–Kier alpha value is -0.860. The van der Waals surface area contributed by atoms with Gasteiger partial charge in [-0.15, -0.1) is 0 Å². The molecule has 0 bridgehead atoms. The molecule has 2 nitrogen and oxygen atoms in total. The molecule has 0 aromatic rings. The van der Waals surface area contributed by atoms with Crippen molar-refractivity contribution >= 4 is 0 Å². The predicted octanol–water partition coefficient (Wildman–Crippen LogP) is 7.82. The minimum Gasteiger partial charge on any atom is -0.385 e. The molecule has 2 aliphatic rings. The molecule has 0 spiro atoms. The zero-order chi connectivity index (χ0) is 21.5. The van der Waals surface area contributed by atoms with Crippen LogP contribution in [0, 0.1) is 0 Å². The zero-order valence-corrected chi connectivity index (χ0v) is 20.1. The molecule has 166 valence electrons. The zero-order valence-electron chi connectivity index (χ0n) is 20.1. The monoisotopic (exact) mass is 402 g/mol. The Balaban J connectivity index is 2.15. The summed E-state index contributed by atoms with van der Waals surface area (Å²) < 4.78 is 7.07. The lowest BCUT2D eigenvalue weighted by atomic mass is 9.69. The van der Waals surface area contributed by atoms with Crippen molar-refractivity contribution in [1.29, 1.82) is 0 Å². The van der Waals surface area contributed by atoms with E-state index >= 15 is 0 Å². The van der Waals surface area contributed by atoms with Gasteiger partial charge in [-0.2, -0.15) is 0 Å². The first-order valence-corrected chi connectivity index (χ1v) is 12.2. The lowest BCUT2D eigenvalue weighted by Gasteiger charge is -2.52. The van der Waals surface area contributed by atoms with Gasteiger partial charge in [0.2, 0.25) is 0 Å². The normalized spacial score (nSPS) is 30.4. The lowest BCUT2D eigenvalue weighted by molar-refractivity contribution is -0.145. The molecule has 0 saturated carbocycles. The molecule has 29 heavy (non-hydrogen) atoms. The van der Waals surface area contributed by atoms with Gasteiger partial charge in [0.15, 0.2) is 0 Å². The van der Waals surface area contributed by atoms with E-state index in [0.29, 0.717) is 0 Å². The topological polar surface area (TPSA) is 29.5 Å². The highest BCUT2D eigenvalue weighted by molar-refractivity contribution is 5.44. The maximum atomic E-state index is 10.5. The van der Waals surface area contributed by atoms with Crippen LogP contribution in [0.1, 0.15) is 119 Å². The van der Waals surface area contributed by atoms with E-state index in [2.05, 4.69) is 53.7 Å². The first-order valence-electron chi connectivity index (χ1n) is 12.2. The number of aliphatic hydroxyl groups excluding tert-OH is 1. The quantitative estimate of drug-likeness (QED) is 0.282. The SMILES string of the molecule is CCCCCCCCC12OC(C)(CC/C=C(\C)CC)CCC1=CC(O)C(C)=C2C. The predicted molar refractivity (Wildman–Crippen MR) is 125 cm³/mol. The van der Waals surface area contributed by atoms with E-state index in [1.807, 2.05) is 0 Å². The van der Waals surface area contributed by atoms with Crippen molar-refractivity contribution in [3.8, 4) is 0 Å². The smallest absolute Gasteiger partial charge is 0.111 e. The second kappa shape index (κ2) is 11.0. The molecular weight excluding hydrogens is 356 g/mol. The number of rotatable bonds is 11. The fourth-order valence-electron chi connectivity index (χ4n) is 5.03. The highest BCUT2D eigenvalue weighted by atomic mass is 16.5. The van der Waals surface area contributed by atoms with E-state index < -0.39 is 6.10 Å². The van der Waals surface area contributed by atoms with Gasteiger partial charge >= 0.3 is 0 Å². The van der Waals surface area contributed by atoms with Gasteiger partial charge in [-0.05, 0) is 95.4 Å². The van der Waals surface area contributed by atoms with E-state index in [1.54, 1.807) is 0 Å². The summed E-state index contributed by atoms with van der Waals surface area (Å²) in [5, 5.41) is 10.5. The molecule has 1 aliphatic carbocycles. The molecule has 0 aromatic heterocycles. The summed E-state index contributed by atoms with van der Waals surface area (Å²) in [7, 11) is 0. The van der Waals surface area contributed by atoms with Gasteiger partial charge in [0.25, 0.3) is 0 Å². The van der Waals surface area contributed by atoms with E-state index in [0.717, 1.165) is 44.1 Å². The molecule has 2 rings (SSSR count). The minimum absolute atomic E-state index is 0.0894. The molecule has 1 fully saturated rings. The largest absolute Gasteiger partial charge is 0.385 e. The molecule has 0 radical (unpaired) electrons. The lowest BCUT2D eigenvalue weighted by Crippen LogP contribution is -2.51. The number of allylic oxidation sites excluding steroid dienone is 2. The van der Waals surface area contributed by atoms with Crippen LogP contribution in [-0.4, -0.2) is 22.4 Å². The summed E-state index contributed by atoms with van der Waals surface area (Å²) in [6, 6.07) is 0. The summed E-state index contributed by atoms with van der Waals surface area (Å²) in [5.74, 6) is 0. The second-order valence-corrected chi connectivity index (χ2v) is 9.78. The van der Waals surface area contributed by atoms with Crippen molar-refractivity contribution in [2.45, 2.75) is 136 Å². The molecule has 1 N–H and O–H groups in total. The van der Waals surface area contributed by atoms with Gasteiger partial charge in [-0.3, -0.25) is 0 Å². The molecule has 2 heteroatoms. The van der Waals surface area contributed by atoms with Crippen LogP contribution in [0.15, 0.2) is 34.4 Å². The van der Waals surface area contributed by atoms with Crippen molar-refractivity contribution < 1.29 is 9.84 Å². The molecule has 1 aliphatic heterocycles. The average Bonchev–Trinajstić information content (AvgIpc) is 2.70. The van der Waals surface area contributed by atoms with Crippen molar-refractivity contribution in [2.24, 2.45) is 0 Å². The molecule has 0 amide bonds. The van der Waals surface area contributed by atoms with Gasteiger partial charge in [0, 0.05) is 0 Å². The van der Waals surface area contributed by atoms with Crippen LogP contribution in [0.4, 0.5) is 0 Å². The van der Waals surface area contributed by atoms with Gasteiger partial charge in [-0.1, -0.05) is 57.6 Å². The Kier molecular flexibility index (Phi) is 9.22. The average molecular weight is 403 g/mol. The fourth-order valence-corrected chi connectivity index (χ4v) is 5.03. The highest BCUT2D eigenvalue weighted by Crippen LogP contribution is 2.51. The van der Waals surface area contributed by atoms with Crippen LogP contribution in [0.2, 0.25) is 0 Å². The van der Waals surface area contributed by atoms with Crippen LogP contribution in [0.25, 0.3) is 0 Å². The van der Waals surface area contributed by atoms with E-state index in [4.69, 9.17) is 4.74 Å². The van der Waals surface area contributed by atoms with Gasteiger partial charge in [-0.25, -0.2) is 0 Å². The van der Waals surface area contributed by atoms with Crippen LogP contribution >= 0.6 is 0 Å². The van der Waals surface area contributed by atoms with Crippen molar-refractivity contribution in [2.75, 3.05) is 0 Å². The summed E-state index contributed by atoms with van der Waals surface area (Å²) >= 11 is 0. The molecule has 1 saturated heterocycles. The molecule has 3 unspecified atom stereocenters. The van der Waals surface area contributed by atoms with Crippen molar-refractivity contribution in [3.05, 3.63) is 34.4 Å². The van der Waals surface area contributed by atoms with E-state index in [-0.39, 0.29) is 11.2 Å². The van der Waals surface area contributed by atoms with E-state index in [9.17, 15) is 5.11 Å². The van der Waals surface area contributed by atoms with Gasteiger partial charge in [0.1, 0.15) is 5.60 Å². The number of hydrogen-bond donors (Lipinski definition) is 1. The Bertz CT molecular complexity index is 626. The third-order valence-corrected chi connectivity index (χ3v) is 7.47. The Morgan fingerprint density at radius 1 is 1.14 bits per heavy atom.